The van der Waals surface area contributed by atoms with E-state index < -0.39 is 17.4 Å². The average Bonchev–Trinajstić information content (AvgIpc) is 2.62. The minimum atomic E-state index is -0.561. The van der Waals surface area contributed by atoms with Crippen molar-refractivity contribution in [2.24, 2.45) is 5.84 Å². The van der Waals surface area contributed by atoms with Crippen LogP contribution in [0.4, 0.5) is 5.69 Å². The summed E-state index contributed by atoms with van der Waals surface area (Å²) in [6, 6.07) is 6.01. The van der Waals surface area contributed by atoms with E-state index in [-0.39, 0.29) is 6.54 Å². The van der Waals surface area contributed by atoms with Crippen LogP contribution in [0.25, 0.3) is 11.3 Å². The molecule has 0 aliphatic rings. The Bertz CT molecular complexity index is 916. The van der Waals surface area contributed by atoms with Crippen LogP contribution in [0.2, 0.25) is 5.02 Å². The maximum atomic E-state index is 12.5. The van der Waals surface area contributed by atoms with Crippen molar-refractivity contribution < 1.29 is 14.3 Å². The molecule has 26 heavy (non-hydrogen) atoms. The number of rotatable bonds is 5. The number of aromatic nitrogens is 2. The summed E-state index contributed by atoms with van der Waals surface area (Å²) in [6.45, 7) is 1.06. The highest BCUT2D eigenvalue weighted by molar-refractivity contribution is 7.98. The summed E-state index contributed by atoms with van der Waals surface area (Å²) in [7, 11) is 1.24. The van der Waals surface area contributed by atoms with Crippen LogP contribution in [-0.4, -0.2) is 34.8 Å². The maximum absolute atomic E-state index is 12.5. The Balaban J connectivity index is 2.63. The molecule has 0 aliphatic heterocycles. The Morgan fingerprint density at radius 1 is 1.38 bits per heavy atom. The highest BCUT2D eigenvalue weighted by atomic mass is 35.5. The zero-order valence-corrected chi connectivity index (χ0v) is 15.9. The summed E-state index contributed by atoms with van der Waals surface area (Å²) in [5.41, 5.74) is 0.653. The van der Waals surface area contributed by atoms with Gasteiger partial charge in [-0.3, -0.25) is 19.0 Å². The van der Waals surface area contributed by atoms with Gasteiger partial charge in [-0.05, 0) is 24.5 Å². The van der Waals surface area contributed by atoms with Crippen molar-refractivity contribution in [2.75, 3.05) is 18.4 Å². The number of anilines is 1. The van der Waals surface area contributed by atoms with Crippen LogP contribution in [0.5, 0.6) is 0 Å². The fourth-order valence-electron chi connectivity index (χ4n) is 2.21. The third-order valence-corrected chi connectivity index (χ3v) is 4.42. The standard InChI is InChI=1S/C16H17ClN4O4S/c1-9(22)21(18)13-6-10(17)4-5-11(13)12-7-14(23)20(8-15(24)25-2)16(19-12)26-3/h4-7H,8,18H2,1-3H3. The Labute approximate surface area is 158 Å². The topological polar surface area (TPSA) is 108 Å². The summed E-state index contributed by atoms with van der Waals surface area (Å²) >= 11 is 7.21. The first-order valence-corrected chi connectivity index (χ1v) is 8.96. The number of thioether (sulfide) groups is 1. The molecule has 1 amide bonds. The van der Waals surface area contributed by atoms with E-state index in [0.29, 0.717) is 27.1 Å². The van der Waals surface area contributed by atoms with Gasteiger partial charge < -0.3 is 4.74 Å². The number of carbonyl (C=O) groups is 2. The van der Waals surface area contributed by atoms with Gasteiger partial charge in [0.2, 0.25) is 5.91 Å². The van der Waals surface area contributed by atoms with E-state index in [4.69, 9.17) is 17.4 Å². The molecule has 0 spiro atoms. The maximum Gasteiger partial charge on any atom is 0.325 e. The molecule has 0 aliphatic carbocycles. The molecule has 8 nitrogen and oxygen atoms in total. The monoisotopic (exact) mass is 396 g/mol. The molecule has 10 heteroatoms. The van der Waals surface area contributed by atoms with Crippen LogP contribution in [0.1, 0.15) is 6.92 Å². The van der Waals surface area contributed by atoms with Gasteiger partial charge in [-0.2, -0.15) is 0 Å². The van der Waals surface area contributed by atoms with Crippen LogP contribution in [0.3, 0.4) is 0 Å². The molecule has 2 aromatic rings. The van der Waals surface area contributed by atoms with E-state index >= 15 is 0 Å². The SMILES string of the molecule is COC(=O)Cn1c(SC)nc(-c2ccc(Cl)cc2N(N)C(C)=O)cc1=O. The number of hydrazine groups is 1. The molecule has 0 radical (unpaired) electrons. The number of hydrogen-bond acceptors (Lipinski definition) is 7. The number of amides is 1. The second-order valence-corrected chi connectivity index (χ2v) is 6.39. The molecule has 0 saturated heterocycles. The number of halogens is 1. The molecular formula is C16H17ClN4O4S. The number of benzene rings is 1. The van der Waals surface area contributed by atoms with Gasteiger partial charge in [-0.15, -0.1) is 0 Å². The zero-order chi connectivity index (χ0) is 19.4. The predicted octanol–water partition coefficient (Wildman–Crippen LogP) is 1.69. The van der Waals surface area contributed by atoms with Crippen LogP contribution < -0.4 is 16.4 Å². The van der Waals surface area contributed by atoms with Gasteiger partial charge in [0, 0.05) is 23.6 Å². The fraction of sp³-hybridized carbons (Fsp3) is 0.250. The first-order valence-electron chi connectivity index (χ1n) is 7.36. The highest BCUT2D eigenvalue weighted by Gasteiger charge is 2.18. The summed E-state index contributed by atoms with van der Waals surface area (Å²) in [6.07, 6.45) is 1.73. The molecule has 1 aromatic heterocycles. The number of hydrogen-bond donors (Lipinski definition) is 1. The van der Waals surface area contributed by atoms with Gasteiger partial charge in [0.25, 0.3) is 5.56 Å². The van der Waals surface area contributed by atoms with Crippen LogP contribution >= 0.6 is 23.4 Å². The highest BCUT2D eigenvalue weighted by Crippen LogP contribution is 2.31. The van der Waals surface area contributed by atoms with E-state index in [1.54, 1.807) is 18.4 Å². The van der Waals surface area contributed by atoms with Gasteiger partial charge >= 0.3 is 5.97 Å². The lowest BCUT2D eigenvalue weighted by atomic mass is 10.1. The third-order valence-electron chi connectivity index (χ3n) is 3.51. The summed E-state index contributed by atoms with van der Waals surface area (Å²) < 4.78 is 5.81. The molecule has 2 rings (SSSR count). The Hall–Kier alpha value is -2.36. The summed E-state index contributed by atoms with van der Waals surface area (Å²) in [5, 5.41) is 1.64. The van der Waals surface area contributed by atoms with Crippen molar-refractivity contribution in [1.29, 1.82) is 0 Å². The number of ether oxygens (including phenoxy) is 1. The van der Waals surface area contributed by atoms with Crippen molar-refractivity contribution >= 4 is 40.9 Å². The first-order chi connectivity index (χ1) is 12.3. The van der Waals surface area contributed by atoms with Crippen molar-refractivity contribution in [2.45, 2.75) is 18.6 Å². The Morgan fingerprint density at radius 2 is 2.08 bits per heavy atom. The Kier molecular flexibility index (Phi) is 6.41. The molecule has 0 unspecified atom stereocenters. The lowest BCUT2D eigenvalue weighted by Crippen LogP contribution is -2.36. The number of carbonyl (C=O) groups excluding carboxylic acids is 2. The van der Waals surface area contributed by atoms with Crippen LogP contribution in [0.15, 0.2) is 34.2 Å². The smallest absolute Gasteiger partial charge is 0.325 e. The van der Waals surface area contributed by atoms with E-state index in [1.165, 1.54) is 42.5 Å². The molecule has 0 bridgehead atoms. The number of nitrogens with zero attached hydrogens (tertiary/aromatic N) is 3. The largest absolute Gasteiger partial charge is 0.468 e. The molecule has 0 atom stereocenters. The first kappa shape index (κ1) is 20.0. The van der Waals surface area contributed by atoms with Crippen LogP contribution in [0, 0.1) is 0 Å². The fourth-order valence-corrected chi connectivity index (χ4v) is 2.94. The summed E-state index contributed by atoms with van der Waals surface area (Å²) in [5.74, 6) is 4.85. The number of methoxy groups -OCH3 is 1. The van der Waals surface area contributed by atoms with Crippen LogP contribution in [-0.2, 0) is 20.9 Å². The van der Waals surface area contributed by atoms with Gasteiger partial charge in [0.05, 0.1) is 18.5 Å². The molecule has 2 N–H and O–H groups in total. The van der Waals surface area contributed by atoms with Crippen molar-refractivity contribution in [3.63, 3.8) is 0 Å². The van der Waals surface area contributed by atoms with Crippen molar-refractivity contribution in [1.82, 2.24) is 9.55 Å². The van der Waals surface area contributed by atoms with E-state index in [2.05, 4.69) is 9.72 Å². The summed E-state index contributed by atoms with van der Waals surface area (Å²) in [4.78, 5) is 40.1. The van der Waals surface area contributed by atoms with Crippen molar-refractivity contribution in [3.8, 4) is 11.3 Å². The number of nitrogens with two attached hydrogens (primary N) is 1. The predicted molar refractivity (Wildman–Crippen MR) is 100 cm³/mol. The third kappa shape index (κ3) is 4.24. The normalized spacial score (nSPS) is 10.5. The lowest BCUT2D eigenvalue weighted by molar-refractivity contribution is -0.141. The van der Waals surface area contributed by atoms with Gasteiger partial charge in [0.15, 0.2) is 5.16 Å². The van der Waals surface area contributed by atoms with E-state index in [0.717, 1.165) is 5.01 Å². The molecule has 0 saturated carbocycles. The molecule has 138 valence electrons. The van der Waals surface area contributed by atoms with E-state index in [1.807, 2.05) is 0 Å². The lowest BCUT2D eigenvalue weighted by Gasteiger charge is -2.19. The average molecular weight is 397 g/mol. The molecule has 1 aromatic carbocycles. The van der Waals surface area contributed by atoms with Gasteiger partial charge in [-0.1, -0.05) is 23.4 Å². The second kappa shape index (κ2) is 8.35. The molecular weight excluding hydrogens is 380 g/mol. The second-order valence-electron chi connectivity index (χ2n) is 5.18. The van der Waals surface area contributed by atoms with Gasteiger partial charge in [0.1, 0.15) is 6.54 Å². The minimum absolute atomic E-state index is 0.247. The van der Waals surface area contributed by atoms with Crippen molar-refractivity contribution in [3.05, 3.63) is 39.6 Å². The van der Waals surface area contributed by atoms with Gasteiger partial charge in [-0.25, -0.2) is 15.8 Å². The minimum Gasteiger partial charge on any atom is -0.468 e. The molecule has 1 heterocycles. The Morgan fingerprint density at radius 3 is 2.65 bits per heavy atom. The number of esters is 1. The van der Waals surface area contributed by atoms with E-state index in [9.17, 15) is 14.4 Å². The zero-order valence-electron chi connectivity index (χ0n) is 14.4. The molecule has 0 fully saturated rings. The quantitative estimate of drug-likeness (QED) is 0.204.